The molecule has 0 bridgehead atoms. The van der Waals surface area contributed by atoms with Gasteiger partial charge in [0.05, 0.1) is 11.8 Å². The van der Waals surface area contributed by atoms with E-state index in [0.717, 1.165) is 34.4 Å². The largest absolute Gasteiger partial charge is 0.491 e. The first-order valence-electron chi connectivity index (χ1n) is 11.2. The van der Waals surface area contributed by atoms with Crippen molar-refractivity contribution in [3.8, 4) is 11.4 Å². The van der Waals surface area contributed by atoms with Crippen LogP contribution in [0, 0.1) is 6.92 Å². The Bertz CT molecular complexity index is 1350. The van der Waals surface area contributed by atoms with Crippen LogP contribution in [0.25, 0.3) is 16.7 Å². The van der Waals surface area contributed by atoms with Gasteiger partial charge < -0.3 is 10.1 Å². The van der Waals surface area contributed by atoms with Crippen LogP contribution in [-0.2, 0) is 6.42 Å². The second-order valence-electron chi connectivity index (χ2n) is 8.27. The molecule has 0 unspecified atom stereocenters. The Labute approximate surface area is 204 Å². The van der Waals surface area contributed by atoms with Gasteiger partial charge in [0, 0.05) is 11.3 Å². The standard InChI is InChI=1S/C26H27N5O2S/c1-5-18-9-11-20(12-10-18)31-29-23-13-17(4)22(15-24(23)30-31)27-26(34)28-25(32)19-7-6-8-21(14-19)33-16(2)3/h6-16H,5H2,1-4H3,(H2,27,28,32,34). The molecule has 0 radical (unpaired) electrons. The Morgan fingerprint density at radius 2 is 1.76 bits per heavy atom. The maximum atomic E-state index is 12.7. The third-order valence-electron chi connectivity index (χ3n) is 5.25. The van der Waals surface area contributed by atoms with Gasteiger partial charge in [-0.2, -0.15) is 4.80 Å². The maximum Gasteiger partial charge on any atom is 0.257 e. The fourth-order valence-electron chi connectivity index (χ4n) is 3.49. The number of nitrogens with zero attached hydrogens (tertiary/aromatic N) is 3. The normalized spacial score (nSPS) is 11.0. The maximum absolute atomic E-state index is 12.7. The lowest BCUT2D eigenvalue weighted by molar-refractivity contribution is 0.0977. The number of carbonyl (C=O) groups is 1. The summed E-state index contributed by atoms with van der Waals surface area (Å²) in [6.45, 7) is 7.95. The molecule has 0 saturated heterocycles. The van der Waals surface area contributed by atoms with Crippen molar-refractivity contribution in [2.75, 3.05) is 5.32 Å². The van der Waals surface area contributed by atoms with Gasteiger partial charge in [-0.3, -0.25) is 10.1 Å². The molecule has 4 aromatic rings. The SMILES string of the molecule is CCc1ccc(-n2nc3cc(C)c(NC(=S)NC(=O)c4cccc(OC(C)C)c4)cc3n2)cc1. The molecule has 0 spiro atoms. The van der Waals surface area contributed by atoms with Crippen molar-refractivity contribution < 1.29 is 9.53 Å². The van der Waals surface area contributed by atoms with Crippen molar-refractivity contribution in [3.63, 3.8) is 0 Å². The average molecular weight is 474 g/mol. The van der Waals surface area contributed by atoms with Crippen LogP contribution in [-0.4, -0.2) is 32.1 Å². The molecule has 1 heterocycles. The van der Waals surface area contributed by atoms with E-state index in [9.17, 15) is 4.79 Å². The number of rotatable bonds is 6. The monoisotopic (exact) mass is 473 g/mol. The lowest BCUT2D eigenvalue weighted by atomic mass is 10.2. The van der Waals surface area contributed by atoms with Crippen LogP contribution < -0.4 is 15.4 Å². The molecule has 0 aliphatic rings. The Kier molecular flexibility index (Phi) is 6.88. The highest BCUT2D eigenvalue weighted by Gasteiger charge is 2.13. The first-order chi connectivity index (χ1) is 16.3. The quantitative estimate of drug-likeness (QED) is 0.375. The van der Waals surface area contributed by atoms with E-state index >= 15 is 0 Å². The van der Waals surface area contributed by atoms with Crippen LogP contribution in [0.15, 0.2) is 60.7 Å². The highest BCUT2D eigenvalue weighted by Crippen LogP contribution is 2.22. The summed E-state index contributed by atoms with van der Waals surface area (Å²) >= 11 is 5.39. The van der Waals surface area contributed by atoms with Crippen molar-refractivity contribution in [1.82, 2.24) is 20.3 Å². The van der Waals surface area contributed by atoms with Crippen LogP contribution in [0.4, 0.5) is 5.69 Å². The van der Waals surface area contributed by atoms with Gasteiger partial charge in [-0.05, 0) is 93.0 Å². The van der Waals surface area contributed by atoms with Gasteiger partial charge in [-0.25, -0.2) is 0 Å². The summed E-state index contributed by atoms with van der Waals surface area (Å²) in [4.78, 5) is 14.3. The summed E-state index contributed by atoms with van der Waals surface area (Å²) in [5.41, 5.74) is 5.81. The molecule has 0 aliphatic carbocycles. The van der Waals surface area contributed by atoms with Gasteiger partial charge in [-0.15, -0.1) is 10.2 Å². The summed E-state index contributed by atoms with van der Waals surface area (Å²) in [6, 6.07) is 19.0. The number of amides is 1. The van der Waals surface area contributed by atoms with Gasteiger partial charge in [0.2, 0.25) is 0 Å². The van der Waals surface area contributed by atoms with Crippen LogP contribution in [0.3, 0.4) is 0 Å². The number of carbonyl (C=O) groups excluding carboxylic acids is 1. The number of anilines is 1. The molecule has 1 amide bonds. The molecule has 0 saturated carbocycles. The third kappa shape index (κ3) is 5.40. The zero-order valence-electron chi connectivity index (χ0n) is 19.6. The van der Waals surface area contributed by atoms with Crippen molar-refractivity contribution in [1.29, 1.82) is 0 Å². The molecule has 7 nitrogen and oxygen atoms in total. The Balaban J connectivity index is 1.48. The number of aromatic nitrogens is 3. The van der Waals surface area contributed by atoms with E-state index in [-0.39, 0.29) is 17.1 Å². The average Bonchev–Trinajstić information content (AvgIpc) is 3.21. The van der Waals surface area contributed by atoms with E-state index in [2.05, 4.69) is 39.9 Å². The molecule has 8 heteroatoms. The van der Waals surface area contributed by atoms with E-state index in [4.69, 9.17) is 17.0 Å². The Morgan fingerprint density at radius 1 is 1.06 bits per heavy atom. The molecule has 2 N–H and O–H groups in total. The summed E-state index contributed by atoms with van der Waals surface area (Å²) in [6.07, 6.45) is 1.00. The van der Waals surface area contributed by atoms with Gasteiger partial charge in [0.15, 0.2) is 5.11 Å². The molecule has 0 aliphatic heterocycles. The van der Waals surface area contributed by atoms with Gasteiger partial charge in [0.25, 0.3) is 5.91 Å². The number of fused-ring (bicyclic) bond motifs is 1. The number of hydrogen-bond donors (Lipinski definition) is 2. The zero-order chi connectivity index (χ0) is 24.2. The molecular weight excluding hydrogens is 446 g/mol. The predicted octanol–water partition coefficient (Wildman–Crippen LogP) is 5.21. The fraction of sp³-hybridized carbons (Fsp3) is 0.231. The summed E-state index contributed by atoms with van der Waals surface area (Å²) in [5.74, 6) is 0.321. The van der Waals surface area contributed by atoms with E-state index < -0.39 is 0 Å². The first kappa shape index (κ1) is 23.4. The van der Waals surface area contributed by atoms with Crippen molar-refractivity contribution >= 4 is 40.0 Å². The summed E-state index contributed by atoms with van der Waals surface area (Å²) in [7, 11) is 0. The fourth-order valence-corrected chi connectivity index (χ4v) is 3.70. The number of nitrogens with one attached hydrogen (secondary N) is 2. The molecule has 1 aromatic heterocycles. The van der Waals surface area contributed by atoms with Gasteiger partial charge in [-0.1, -0.05) is 25.1 Å². The number of benzene rings is 3. The molecular formula is C26H27N5O2S. The van der Waals surface area contributed by atoms with E-state index in [1.54, 1.807) is 23.0 Å². The summed E-state index contributed by atoms with van der Waals surface area (Å²) in [5, 5.41) is 15.2. The molecule has 3 aromatic carbocycles. The zero-order valence-corrected chi connectivity index (χ0v) is 20.4. The lowest BCUT2D eigenvalue weighted by Gasteiger charge is -2.13. The molecule has 34 heavy (non-hydrogen) atoms. The highest BCUT2D eigenvalue weighted by atomic mass is 32.1. The second kappa shape index (κ2) is 10.0. The van der Waals surface area contributed by atoms with E-state index in [1.165, 1.54) is 5.56 Å². The molecule has 0 atom stereocenters. The second-order valence-corrected chi connectivity index (χ2v) is 8.68. The van der Waals surface area contributed by atoms with Crippen LogP contribution in [0.5, 0.6) is 5.75 Å². The molecule has 4 rings (SSSR count). The van der Waals surface area contributed by atoms with Gasteiger partial charge in [0.1, 0.15) is 16.8 Å². The molecule has 174 valence electrons. The summed E-state index contributed by atoms with van der Waals surface area (Å²) < 4.78 is 5.66. The van der Waals surface area contributed by atoms with E-state index in [1.807, 2.05) is 51.1 Å². The third-order valence-corrected chi connectivity index (χ3v) is 5.45. The smallest absolute Gasteiger partial charge is 0.257 e. The topological polar surface area (TPSA) is 81.1 Å². The van der Waals surface area contributed by atoms with Crippen LogP contribution in [0.1, 0.15) is 42.3 Å². The van der Waals surface area contributed by atoms with Crippen molar-refractivity contribution in [3.05, 3.63) is 77.4 Å². The van der Waals surface area contributed by atoms with Crippen LogP contribution >= 0.6 is 12.2 Å². The van der Waals surface area contributed by atoms with Crippen molar-refractivity contribution in [2.45, 2.75) is 40.2 Å². The highest BCUT2D eigenvalue weighted by molar-refractivity contribution is 7.80. The minimum Gasteiger partial charge on any atom is -0.491 e. The van der Waals surface area contributed by atoms with Crippen LogP contribution in [0.2, 0.25) is 0 Å². The van der Waals surface area contributed by atoms with E-state index in [0.29, 0.717) is 11.3 Å². The number of ether oxygens (including phenoxy) is 1. The minimum absolute atomic E-state index is 0.0209. The van der Waals surface area contributed by atoms with Crippen molar-refractivity contribution in [2.24, 2.45) is 0 Å². The first-order valence-corrected chi connectivity index (χ1v) is 11.6. The Hall–Kier alpha value is -3.78. The molecule has 0 fully saturated rings. The number of thiocarbonyl (C=S) groups is 1. The lowest BCUT2D eigenvalue weighted by Crippen LogP contribution is -2.34. The Morgan fingerprint density at radius 3 is 2.44 bits per heavy atom. The predicted molar refractivity (Wildman–Crippen MR) is 139 cm³/mol. The number of aryl methyl sites for hydroxylation is 2. The number of hydrogen-bond acceptors (Lipinski definition) is 5. The van der Waals surface area contributed by atoms with Gasteiger partial charge >= 0.3 is 0 Å². The minimum atomic E-state index is -0.313.